The molecular formula is C53H98NO8P. The number of phosphoric acid groups is 1. The van der Waals surface area contributed by atoms with Crippen LogP contribution in [0.4, 0.5) is 0 Å². The maximum atomic E-state index is 12.7. The van der Waals surface area contributed by atoms with Gasteiger partial charge in [0, 0.05) is 19.4 Å². The molecule has 0 saturated carbocycles. The molecule has 0 aromatic heterocycles. The van der Waals surface area contributed by atoms with Crippen LogP contribution in [0.5, 0.6) is 0 Å². The fourth-order valence-electron chi connectivity index (χ4n) is 7.39. The van der Waals surface area contributed by atoms with E-state index in [1.807, 2.05) is 0 Å². The predicted octanol–water partition coefficient (Wildman–Crippen LogP) is 15.8. The lowest BCUT2D eigenvalue weighted by molar-refractivity contribution is -0.161. The van der Waals surface area contributed by atoms with Gasteiger partial charge in [0.15, 0.2) is 6.10 Å². The molecule has 0 bridgehead atoms. The third kappa shape index (κ3) is 49.2. The second kappa shape index (κ2) is 49.4. The van der Waals surface area contributed by atoms with E-state index in [1.54, 1.807) is 0 Å². The van der Waals surface area contributed by atoms with E-state index in [1.165, 1.54) is 148 Å². The summed E-state index contributed by atoms with van der Waals surface area (Å²) in [5.74, 6) is -0.818. The van der Waals surface area contributed by atoms with Crippen molar-refractivity contribution in [2.75, 3.05) is 26.4 Å². The van der Waals surface area contributed by atoms with Crippen LogP contribution in [0.25, 0.3) is 0 Å². The van der Waals surface area contributed by atoms with Crippen molar-refractivity contribution in [3.63, 3.8) is 0 Å². The first-order valence-corrected chi connectivity index (χ1v) is 27.6. The van der Waals surface area contributed by atoms with Crippen molar-refractivity contribution in [3.8, 4) is 0 Å². The molecule has 2 unspecified atom stereocenters. The molecule has 0 aromatic rings. The highest BCUT2D eigenvalue weighted by Gasteiger charge is 2.26. The highest BCUT2D eigenvalue weighted by atomic mass is 31.2. The van der Waals surface area contributed by atoms with Gasteiger partial charge >= 0.3 is 19.8 Å². The molecule has 10 heteroatoms. The summed E-state index contributed by atoms with van der Waals surface area (Å²) < 4.78 is 32.9. The van der Waals surface area contributed by atoms with Crippen LogP contribution < -0.4 is 5.73 Å². The van der Waals surface area contributed by atoms with Crippen LogP contribution in [0.3, 0.4) is 0 Å². The summed E-state index contributed by atoms with van der Waals surface area (Å²) in [6.45, 7) is 3.65. The quantitative estimate of drug-likeness (QED) is 0.0265. The van der Waals surface area contributed by atoms with Gasteiger partial charge < -0.3 is 20.1 Å². The normalized spacial score (nSPS) is 13.5. The first kappa shape index (κ1) is 61.0. The van der Waals surface area contributed by atoms with Gasteiger partial charge in [-0.1, -0.05) is 229 Å². The van der Waals surface area contributed by atoms with Gasteiger partial charge in [0.25, 0.3) is 0 Å². The van der Waals surface area contributed by atoms with E-state index in [0.717, 1.165) is 64.2 Å². The summed E-state index contributed by atoms with van der Waals surface area (Å²) in [6, 6.07) is 0. The third-order valence-corrected chi connectivity index (χ3v) is 12.2. The van der Waals surface area contributed by atoms with Gasteiger partial charge in [-0.3, -0.25) is 18.6 Å². The van der Waals surface area contributed by atoms with E-state index in [9.17, 15) is 19.0 Å². The summed E-state index contributed by atoms with van der Waals surface area (Å²) in [6.07, 6.45) is 58.7. The molecule has 0 radical (unpaired) electrons. The van der Waals surface area contributed by atoms with Crippen LogP contribution in [0.1, 0.15) is 245 Å². The number of hydrogen-bond donors (Lipinski definition) is 2. The number of nitrogens with two attached hydrogens (primary N) is 1. The summed E-state index contributed by atoms with van der Waals surface area (Å²) >= 11 is 0. The standard InChI is InChI=1S/C53H98NO8P/c1-3-5-7-9-11-13-15-17-18-19-20-21-22-23-24-25-26-27-28-29-30-31-32-34-36-38-40-42-44-46-53(56)62-51(50-61-63(57,58)60-48-47-54)49-59-52(55)45-43-41-39-37-35-33-16-14-12-10-8-6-4-2/h5,7,11,13,17-18,20-21,51H,3-4,6,8-10,12,14-16,19,22-50,54H2,1-2H3,(H,57,58)/b7-5-,13-11-,18-17-,21-20-. The molecule has 0 aliphatic carbocycles. The Morgan fingerprint density at radius 1 is 0.492 bits per heavy atom. The topological polar surface area (TPSA) is 134 Å². The predicted molar refractivity (Wildman–Crippen MR) is 266 cm³/mol. The van der Waals surface area contributed by atoms with Gasteiger partial charge in [-0.15, -0.1) is 0 Å². The minimum absolute atomic E-state index is 0.0546. The molecule has 0 spiro atoms. The third-order valence-electron chi connectivity index (χ3n) is 11.2. The van der Waals surface area contributed by atoms with Crippen LogP contribution in [-0.2, 0) is 32.7 Å². The van der Waals surface area contributed by atoms with Crippen LogP contribution in [0.15, 0.2) is 48.6 Å². The summed E-state index contributed by atoms with van der Waals surface area (Å²) in [5, 5.41) is 0. The highest BCUT2D eigenvalue weighted by Crippen LogP contribution is 2.43. The average Bonchev–Trinajstić information content (AvgIpc) is 3.27. The summed E-state index contributed by atoms with van der Waals surface area (Å²) in [7, 11) is -4.38. The second-order valence-corrected chi connectivity index (χ2v) is 18.8. The molecule has 0 rings (SSSR count). The SMILES string of the molecule is CC/C=C\C/C=C\C/C=C\C/C=C\CCCCCCCCCCCCCCCCCCC(=O)OC(COC(=O)CCCCCCCCCCCCCCC)COP(=O)(O)OCCN. The van der Waals surface area contributed by atoms with Crippen molar-refractivity contribution in [2.24, 2.45) is 5.73 Å². The Morgan fingerprint density at radius 2 is 0.873 bits per heavy atom. The van der Waals surface area contributed by atoms with Gasteiger partial charge in [0.1, 0.15) is 6.61 Å². The highest BCUT2D eigenvalue weighted by molar-refractivity contribution is 7.47. The van der Waals surface area contributed by atoms with Crippen molar-refractivity contribution in [3.05, 3.63) is 48.6 Å². The number of carbonyl (C=O) groups is 2. The van der Waals surface area contributed by atoms with E-state index in [4.69, 9.17) is 24.3 Å². The fraction of sp³-hybridized carbons (Fsp3) is 0.811. The maximum Gasteiger partial charge on any atom is 0.472 e. The monoisotopic (exact) mass is 908 g/mol. The first-order chi connectivity index (χ1) is 30.8. The zero-order chi connectivity index (χ0) is 46.0. The fourth-order valence-corrected chi connectivity index (χ4v) is 8.16. The molecule has 0 heterocycles. The number of phosphoric ester groups is 1. The molecule has 368 valence electrons. The first-order valence-electron chi connectivity index (χ1n) is 26.1. The Balaban J connectivity index is 3.92. The van der Waals surface area contributed by atoms with Crippen molar-refractivity contribution < 1.29 is 37.6 Å². The second-order valence-electron chi connectivity index (χ2n) is 17.4. The minimum atomic E-state index is -4.38. The van der Waals surface area contributed by atoms with Gasteiger partial charge in [0.2, 0.25) is 0 Å². The Labute approximate surface area is 387 Å². The molecule has 9 nitrogen and oxygen atoms in total. The van der Waals surface area contributed by atoms with E-state index < -0.39 is 26.5 Å². The Morgan fingerprint density at radius 3 is 1.30 bits per heavy atom. The lowest BCUT2D eigenvalue weighted by Crippen LogP contribution is -2.29. The minimum Gasteiger partial charge on any atom is -0.462 e. The molecule has 2 atom stereocenters. The molecule has 0 saturated heterocycles. The average molecular weight is 908 g/mol. The number of hydrogen-bond acceptors (Lipinski definition) is 8. The van der Waals surface area contributed by atoms with E-state index in [2.05, 4.69) is 62.5 Å². The van der Waals surface area contributed by atoms with Gasteiger partial charge in [-0.05, 0) is 51.4 Å². The molecule has 0 fully saturated rings. The van der Waals surface area contributed by atoms with Crippen LogP contribution in [-0.4, -0.2) is 49.3 Å². The van der Waals surface area contributed by atoms with Crippen molar-refractivity contribution in [2.45, 2.75) is 251 Å². The number of esters is 2. The smallest absolute Gasteiger partial charge is 0.462 e. The number of carbonyl (C=O) groups excluding carboxylic acids is 2. The zero-order valence-electron chi connectivity index (χ0n) is 40.8. The van der Waals surface area contributed by atoms with E-state index in [-0.39, 0.29) is 38.6 Å². The zero-order valence-corrected chi connectivity index (χ0v) is 41.7. The van der Waals surface area contributed by atoms with Crippen LogP contribution >= 0.6 is 7.82 Å². The maximum absolute atomic E-state index is 12.7. The summed E-state index contributed by atoms with van der Waals surface area (Å²) in [5.41, 5.74) is 5.36. The number of ether oxygens (including phenoxy) is 2. The molecule has 0 amide bonds. The molecule has 63 heavy (non-hydrogen) atoms. The van der Waals surface area contributed by atoms with Gasteiger partial charge in [0.05, 0.1) is 13.2 Å². The van der Waals surface area contributed by atoms with Crippen LogP contribution in [0, 0.1) is 0 Å². The van der Waals surface area contributed by atoms with Gasteiger partial charge in [-0.2, -0.15) is 0 Å². The largest absolute Gasteiger partial charge is 0.472 e. The van der Waals surface area contributed by atoms with E-state index in [0.29, 0.717) is 6.42 Å². The van der Waals surface area contributed by atoms with Crippen molar-refractivity contribution >= 4 is 19.8 Å². The van der Waals surface area contributed by atoms with Crippen LogP contribution in [0.2, 0.25) is 0 Å². The Hall–Kier alpha value is -2.03. The summed E-state index contributed by atoms with van der Waals surface area (Å²) in [4.78, 5) is 35.0. The molecule has 0 aromatic carbocycles. The molecule has 0 aliphatic heterocycles. The molecular weight excluding hydrogens is 810 g/mol. The van der Waals surface area contributed by atoms with Crippen molar-refractivity contribution in [1.82, 2.24) is 0 Å². The Bertz CT molecular complexity index is 1170. The lowest BCUT2D eigenvalue weighted by Gasteiger charge is -2.19. The van der Waals surface area contributed by atoms with Crippen molar-refractivity contribution in [1.29, 1.82) is 0 Å². The van der Waals surface area contributed by atoms with Gasteiger partial charge in [-0.25, -0.2) is 4.57 Å². The Kier molecular flexibility index (Phi) is 47.8. The lowest BCUT2D eigenvalue weighted by atomic mass is 10.0. The number of rotatable bonds is 49. The molecule has 3 N–H and O–H groups in total. The van der Waals surface area contributed by atoms with E-state index >= 15 is 0 Å². The number of unbranched alkanes of at least 4 members (excludes halogenated alkanes) is 28. The molecule has 0 aliphatic rings. The number of allylic oxidation sites excluding steroid dienone is 8.